The van der Waals surface area contributed by atoms with Crippen molar-refractivity contribution in [1.82, 2.24) is 15.5 Å². The minimum absolute atomic E-state index is 0.0406. The topological polar surface area (TPSA) is 71.2 Å². The summed E-state index contributed by atoms with van der Waals surface area (Å²) in [5.74, 6) is 2.20. The Morgan fingerprint density at radius 2 is 2.20 bits per heavy atom. The van der Waals surface area contributed by atoms with E-state index in [1.54, 1.807) is 11.8 Å². The van der Waals surface area contributed by atoms with Crippen LogP contribution in [-0.2, 0) is 0 Å². The lowest BCUT2D eigenvalue weighted by Crippen LogP contribution is -2.15. The number of benzene rings is 1. The summed E-state index contributed by atoms with van der Waals surface area (Å²) < 4.78 is 5.29. The highest BCUT2D eigenvalue weighted by Crippen LogP contribution is 2.26. The summed E-state index contributed by atoms with van der Waals surface area (Å²) in [5.41, 5.74) is 0.944. The van der Waals surface area contributed by atoms with Crippen LogP contribution in [0.15, 0.2) is 33.7 Å². The van der Waals surface area contributed by atoms with Crippen molar-refractivity contribution in [3.8, 4) is 11.4 Å². The van der Waals surface area contributed by atoms with E-state index in [0.29, 0.717) is 24.7 Å². The van der Waals surface area contributed by atoms with Crippen LogP contribution >= 0.6 is 11.8 Å². The number of aromatic nitrogens is 2. The molecule has 0 spiro atoms. The number of β-amino-alcohol motifs (C(OH)–C–C–N with tert-alkyl or cyclic N) is 1. The maximum Gasteiger partial charge on any atom is 0.244 e. The molecule has 3 rings (SSSR count). The Morgan fingerprint density at radius 3 is 2.85 bits per heavy atom. The van der Waals surface area contributed by atoms with Crippen LogP contribution in [0.3, 0.4) is 0 Å². The third-order valence-corrected chi connectivity index (χ3v) is 4.17. The van der Waals surface area contributed by atoms with E-state index in [4.69, 9.17) is 4.52 Å². The Kier molecular flexibility index (Phi) is 4.05. The zero-order chi connectivity index (χ0) is 13.9. The molecular formula is C14H17N3O2S. The summed E-state index contributed by atoms with van der Waals surface area (Å²) in [6.45, 7) is 2.71. The number of aliphatic hydroxyl groups is 1. The Labute approximate surface area is 121 Å². The minimum Gasteiger partial charge on any atom is -0.392 e. The zero-order valence-corrected chi connectivity index (χ0v) is 12.1. The molecule has 5 nitrogen and oxygen atoms in total. The predicted octanol–water partition coefficient (Wildman–Crippen LogP) is 2.24. The molecule has 0 amide bonds. The van der Waals surface area contributed by atoms with Gasteiger partial charge in [0.2, 0.25) is 11.7 Å². The zero-order valence-electron chi connectivity index (χ0n) is 11.2. The number of aliphatic hydroxyl groups excluding tert-OH is 1. The smallest absolute Gasteiger partial charge is 0.244 e. The van der Waals surface area contributed by atoms with E-state index < -0.39 is 0 Å². The molecule has 0 bridgehead atoms. The van der Waals surface area contributed by atoms with Crippen LogP contribution in [0.1, 0.15) is 25.3 Å². The van der Waals surface area contributed by atoms with E-state index >= 15 is 0 Å². The molecule has 20 heavy (non-hydrogen) atoms. The SMILES string of the molecule is CCSc1ccc(-c2noc([C@H]3C[C@H](O)CN3)n2)cc1. The van der Waals surface area contributed by atoms with E-state index in [0.717, 1.165) is 11.3 Å². The minimum atomic E-state index is -0.333. The second kappa shape index (κ2) is 5.95. The average molecular weight is 291 g/mol. The molecule has 2 heterocycles. The maximum atomic E-state index is 9.51. The highest BCUT2D eigenvalue weighted by atomic mass is 32.2. The third-order valence-electron chi connectivity index (χ3n) is 3.27. The van der Waals surface area contributed by atoms with Crippen molar-refractivity contribution in [2.24, 2.45) is 0 Å². The van der Waals surface area contributed by atoms with Gasteiger partial charge in [-0.1, -0.05) is 12.1 Å². The number of thioether (sulfide) groups is 1. The van der Waals surface area contributed by atoms with Gasteiger partial charge in [0, 0.05) is 17.0 Å². The highest BCUT2D eigenvalue weighted by Gasteiger charge is 2.28. The summed E-state index contributed by atoms with van der Waals surface area (Å²) in [6, 6.07) is 8.10. The fraction of sp³-hybridized carbons (Fsp3) is 0.429. The first-order valence-electron chi connectivity index (χ1n) is 6.74. The van der Waals surface area contributed by atoms with Crippen LogP contribution in [0.5, 0.6) is 0 Å². The molecule has 2 N–H and O–H groups in total. The van der Waals surface area contributed by atoms with Crippen molar-refractivity contribution >= 4 is 11.8 Å². The van der Waals surface area contributed by atoms with Crippen molar-refractivity contribution in [1.29, 1.82) is 0 Å². The lowest BCUT2D eigenvalue weighted by atomic mass is 10.2. The predicted molar refractivity (Wildman–Crippen MR) is 77.5 cm³/mol. The first-order chi connectivity index (χ1) is 9.76. The van der Waals surface area contributed by atoms with Gasteiger partial charge in [-0.3, -0.25) is 0 Å². The van der Waals surface area contributed by atoms with E-state index in [1.807, 2.05) is 12.1 Å². The number of nitrogens with zero attached hydrogens (tertiary/aromatic N) is 2. The Balaban J connectivity index is 1.76. The van der Waals surface area contributed by atoms with Gasteiger partial charge >= 0.3 is 0 Å². The van der Waals surface area contributed by atoms with Gasteiger partial charge in [-0.05, 0) is 36.4 Å². The van der Waals surface area contributed by atoms with Crippen molar-refractivity contribution < 1.29 is 9.63 Å². The number of hydrogen-bond donors (Lipinski definition) is 2. The summed E-state index contributed by atoms with van der Waals surface area (Å²) >= 11 is 1.80. The second-order valence-corrected chi connectivity index (χ2v) is 6.10. The third kappa shape index (κ3) is 2.87. The molecule has 2 aromatic rings. The molecule has 1 fully saturated rings. The van der Waals surface area contributed by atoms with Crippen LogP contribution in [0.4, 0.5) is 0 Å². The van der Waals surface area contributed by atoms with Gasteiger partial charge < -0.3 is 14.9 Å². The standard InChI is InChI=1S/C14H17N3O2S/c1-2-20-11-5-3-9(4-6-11)13-16-14(19-17-13)12-7-10(18)8-15-12/h3-6,10,12,15,18H,2,7-8H2,1H3/t10-,12+/m0/s1. The highest BCUT2D eigenvalue weighted by molar-refractivity contribution is 7.99. The second-order valence-electron chi connectivity index (χ2n) is 4.76. The van der Waals surface area contributed by atoms with Crippen molar-refractivity contribution in [3.63, 3.8) is 0 Å². The maximum absolute atomic E-state index is 9.51. The van der Waals surface area contributed by atoms with Crippen LogP contribution in [-0.4, -0.2) is 33.6 Å². The molecule has 1 saturated heterocycles. The molecule has 106 valence electrons. The van der Waals surface area contributed by atoms with Gasteiger partial charge in [0.25, 0.3) is 0 Å². The summed E-state index contributed by atoms with van der Waals surface area (Å²) in [7, 11) is 0. The average Bonchev–Trinajstić information content (AvgIpc) is 3.09. The van der Waals surface area contributed by atoms with Crippen molar-refractivity contribution in [3.05, 3.63) is 30.2 Å². The molecule has 0 saturated carbocycles. The fourth-order valence-corrected chi connectivity index (χ4v) is 2.93. The van der Waals surface area contributed by atoms with Crippen molar-refractivity contribution in [2.45, 2.75) is 30.4 Å². The van der Waals surface area contributed by atoms with Gasteiger partial charge in [0.05, 0.1) is 12.1 Å². The van der Waals surface area contributed by atoms with Crippen molar-refractivity contribution in [2.75, 3.05) is 12.3 Å². The van der Waals surface area contributed by atoms with E-state index in [-0.39, 0.29) is 12.1 Å². The number of rotatable bonds is 4. The molecule has 1 aliphatic rings. The van der Waals surface area contributed by atoms with Crippen LogP contribution in [0, 0.1) is 0 Å². The Morgan fingerprint density at radius 1 is 1.40 bits per heavy atom. The molecule has 2 atom stereocenters. The normalized spacial score (nSPS) is 22.3. The molecule has 6 heteroatoms. The largest absolute Gasteiger partial charge is 0.392 e. The van der Waals surface area contributed by atoms with Crippen LogP contribution in [0.2, 0.25) is 0 Å². The van der Waals surface area contributed by atoms with Gasteiger partial charge in [0.1, 0.15) is 0 Å². The van der Waals surface area contributed by atoms with Crippen LogP contribution < -0.4 is 5.32 Å². The first-order valence-corrected chi connectivity index (χ1v) is 7.73. The molecule has 0 radical (unpaired) electrons. The van der Waals surface area contributed by atoms with E-state index in [1.165, 1.54) is 4.90 Å². The van der Waals surface area contributed by atoms with E-state index in [2.05, 4.69) is 34.5 Å². The molecule has 0 unspecified atom stereocenters. The fourth-order valence-electron chi connectivity index (χ4n) is 2.27. The Bertz CT molecular complexity index is 570. The van der Waals surface area contributed by atoms with Gasteiger partial charge in [-0.25, -0.2) is 0 Å². The van der Waals surface area contributed by atoms with Gasteiger partial charge in [0.15, 0.2) is 0 Å². The molecule has 1 aromatic carbocycles. The summed E-state index contributed by atoms with van der Waals surface area (Å²) in [6.07, 6.45) is 0.286. The lowest BCUT2D eigenvalue weighted by Gasteiger charge is -2.01. The number of nitrogens with one attached hydrogen (secondary N) is 1. The Hall–Kier alpha value is -1.37. The monoisotopic (exact) mass is 291 g/mol. The van der Waals surface area contributed by atoms with Gasteiger partial charge in [-0.15, -0.1) is 11.8 Å². The lowest BCUT2D eigenvalue weighted by molar-refractivity contribution is 0.191. The summed E-state index contributed by atoms with van der Waals surface area (Å²) in [4.78, 5) is 5.65. The summed E-state index contributed by atoms with van der Waals surface area (Å²) in [5, 5.41) is 16.7. The molecule has 1 aliphatic heterocycles. The number of hydrogen-bond acceptors (Lipinski definition) is 6. The van der Waals surface area contributed by atoms with Crippen LogP contribution in [0.25, 0.3) is 11.4 Å². The van der Waals surface area contributed by atoms with E-state index in [9.17, 15) is 5.11 Å². The molecular weight excluding hydrogens is 274 g/mol. The molecule has 1 aromatic heterocycles. The quantitative estimate of drug-likeness (QED) is 0.842. The molecule has 0 aliphatic carbocycles. The first kappa shape index (κ1) is 13.6. The van der Waals surface area contributed by atoms with Gasteiger partial charge in [-0.2, -0.15) is 4.98 Å².